The lowest BCUT2D eigenvalue weighted by Gasteiger charge is -2.30. The molecule has 1 aromatic carbocycles. The quantitative estimate of drug-likeness (QED) is 0.387. The number of amides is 1. The third kappa shape index (κ3) is 4.69. The molecule has 3 N–H and O–H groups in total. The maximum absolute atomic E-state index is 11.8. The minimum atomic E-state index is -0.825. The van der Waals surface area contributed by atoms with Crippen molar-refractivity contribution >= 4 is 22.7 Å². The van der Waals surface area contributed by atoms with Crippen LogP contribution < -0.4 is 10.5 Å². The number of primary amides is 1. The Morgan fingerprint density at radius 1 is 1.18 bits per heavy atom. The predicted molar refractivity (Wildman–Crippen MR) is 125 cm³/mol. The third-order valence-corrected chi connectivity index (χ3v) is 6.30. The average Bonchev–Trinajstić information content (AvgIpc) is 3.53. The fraction of sp³-hybridized carbons (Fsp3) is 0.280. The van der Waals surface area contributed by atoms with Gasteiger partial charge >= 0.3 is 0 Å². The molecule has 0 spiro atoms. The zero-order valence-electron chi connectivity index (χ0n) is 18.6. The summed E-state index contributed by atoms with van der Waals surface area (Å²) in [7, 11) is 0. The van der Waals surface area contributed by atoms with Crippen molar-refractivity contribution < 1.29 is 18.7 Å². The van der Waals surface area contributed by atoms with E-state index in [1.54, 1.807) is 18.7 Å². The molecule has 4 heterocycles. The van der Waals surface area contributed by atoms with Crippen LogP contribution >= 0.6 is 0 Å². The summed E-state index contributed by atoms with van der Waals surface area (Å²) in [5.74, 6) is -0.363. The molecule has 0 atom stereocenters. The largest absolute Gasteiger partial charge is 0.464 e. The fourth-order valence-electron chi connectivity index (χ4n) is 4.36. The van der Waals surface area contributed by atoms with E-state index < -0.39 is 11.7 Å². The van der Waals surface area contributed by atoms with E-state index >= 15 is 0 Å². The van der Waals surface area contributed by atoms with Gasteiger partial charge in [0.15, 0.2) is 0 Å². The van der Waals surface area contributed by atoms with Gasteiger partial charge in [-0.1, -0.05) is 0 Å². The standard InChI is InChI=1S/C25H25N5O4/c26-25(32)24(31)16-6-10-30(11-7-16)12-8-18-15-33-22-13-19(2-3-20(18)22)34-23-4-1-17(14-27-23)21-5-9-28-29-21/h1-5,9,13-16H,6-8,10-12H2,(H2,26,32)(H,28,29). The van der Waals surface area contributed by atoms with Crippen molar-refractivity contribution in [3.8, 4) is 22.9 Å². The van der Waals surface area contributed by atoms with E-state index in [2.05, 4.69) is 20.1 Å². The Morgan fingerprint density at radius 3 is 2.74 bits per heavy atom. The molecule has 9 heteroatoms. The van der Waals surface area contributed by atoms with Gasteiger partial charge in [0.25, 0.3) is 5.91 Å². The van der Waals surface area contributed by atoms with E-state index in [0.29, 0.717) is 24.5 Å². The first-order valence-corrected chi connectivity index (χ1v) is 11.3. The molecule has 34 heavy (non-hydrogen) atoms. The fourth-order valence-corrected chi connectivity index (χ4v) is 4.36. The summed E-state index contributed by atoms with van der Waals surface area (Å²) in [6, 6.07) is 11.4. The molecule has 1 amide bonds. The number of likely N-dealkylation sites (tertiary alicyclic amines) is 1. The van der Waals surface area contributed by atoms with Crippen LogP contribution in [0, 0.1) is 5.92 Å². The van der Waals surface area contributed by atoms with Crippen molar-refractivity contribution in [1.29, 1.82) is 0 Å². The van der Waals surface area contributed by atoms with Gasteiger partial charge in [-0.25, -0.2) is 4.98 Å². The molecule has 4 aromatic rings. The second kappa shape index (κ2) is 9.48. The molecule has 0 saturated carbocycles. The van der Waals surface area contributed by atoms with E-state index in [4.69, 9.17) is 14.9 Å². The molecule has 0 radical (unpaired) electrons. The SMILES string of the molecule is NC(=O)C(=O)C1CCN(CCc2coc3cc(Oc4ccc(-c5ccn[nH]5)cn4)ccc23)CC1. The molecular weight excluding hydrogens is 434 g/mol. The van der Waals surface area contributed by atoms with E-state index in [0.717, 1.165) is 53.8 Å². The average molecular weight is 460 g/mol. The maximum atomic E-state index is 11.8. The smallest absolute Gasteiger partial charge is 0.285 e. The summed E-state index contributed by atoms with van der Waals surface area (Å²) >= 11 is 0. The van der Waals surface area contributed by atoms with Crippen molar-refractivity contribution in [3.63, 3.8) is 0 Å². The summed E-state index contributed by atoms with van der Waals surface area (Å²) in [6.45, 7) is 2.42. The molecule has 0 unspecified atom stereocenters. The Balaban J connectivity index is 1.18. The monoisotopic (exact) mass is 459 g/mol. The second-order valence-electron chi connectivity index (χ2n) is 8.47. The lowest BCUT2D eigenvalue weighted by molar-refractivity contribution is -0.139. The number of aromatic nitrogens is 3. The molecule has 1 fully saturated rings. The topological polar surface area (TPSA) is 127 Å². The van der Waals surface area contributed by atoms with Crippen LogP contribution in [-0.2, 0) is 16.0 Å². The number of H-pyrrole nitrogens is 1. The summed E-state index contributed by atoms with van der Waals surface area (Å²) in [5.41, 5.74) is 8.83. The van der Waals surface area contributed by atoms with E-state index in [9.17, 15) is 9.59 Å². The summed E-state index contributed by atoms with van der Waals surface area (Å²) in [4.78, 5) is 29.6. The van der Waals surface area contributed by atoms with Crippen molar-refractivity contribution in [2.75, 3.05) is 19.6 Å². The van der Waals surface area contributed by atoms with Crippen LogP contribution in [0.3, 0.4) is 0 Å². The minimum Gasteiger partial charge on any atom is -0.464 e. The third-order valence-electron chi connectivity index (χ3n) is 6.30. The van der Waals surface area contributed by atoms with E-state index in [1.165, 1.54) is 0 Å². The Hall–Kier alpha value is -3.98. The number of rotatable bonds is 8. The van der Waals surface area contributed by atoms with Crippen molar-refractivity contribution in [2.24, 2.45) is 11.7 Å². The minimum absolute atomic E-state index is 0.238. The lowest BCUT2D eigenvalue weighted by atomic mass is 9.92. The molecule has 174 valence electrons. The molecule has 1 aliphatic heterocycles. The molecule has 5 rings (SSSR count). The molecule has 9 nitrogen and oxygen atoms in total. The normalized spacial score (nSPS) is 14.9. The predicted octanol–water partition coefficient (Wildman–Crippen LogP) is 3.32. The summed E-state index contributed by atoms with van der Waals surface area (Å²) in [5, 5.41) is 7.91. The highest BCUT2D eigenvalue weighted by atomic mass is 16.5. The lowest BCUT2D eigenvalue weighted by Crippen LogP contribution is -2.40. The number of piperidine rings is 1. The first-order valence-electron chi connectivity index (χ1n) is 11.3. The number of aromatic amines is 1. The molecule has 0 aliphatic carbocycles. The van der Waals surface area contributed by atoms with Crippen LogP contribution in [0.25, 0.3) is 22.2 Å². The highest BCUT2D eigenvalue weighted by molar-refractivity contribution is 6.36. The van der Waals surface area contributed by atoms with Crippen LogP contribution in [0.2, 0.25) is 0 Å². The number of furan rings is 1. The van der Waals surface area contributed by atoms with Crippen LogP contribution in [0.1, 0.15) is 18.4 Å². The first kappa shape index (κ1) is 21.8. The number of benzene rings is 1. The molecule has 1 saturated heterocycles. The van der Waals surface area contributed by atoms with E-state index in [-0.39, 0.29) is 5.92 Å². The number of nitrogens with two attached hydrogens (primary N) is 1. The van der Waals surface area contributed by atoms with Gasteiger partial charge in [-0.05, 0) is 62.2 Å². The van der Waals surface area contributed by atoms with Crippen LogP contribution in [-0.4, -0.2) is 51.4 Å². The number of ketones is 1. The molecule has 3 aromatic heterocycles. The van der Waals surface area contributed by atoms with Gasteiger partial charge in [-0.15, -0.1) is 0 Å². The van der Waals surface area contributed by atoms with Crippen molar-refractivity contribution in [3.05, 3.63) is 60.6 Å². The number of carbonyl (C=O) groups is 2. The number of pyridine rings is 1. The number of fused-ring (bicyclic) bond motifs is 1. The summed E-state index contributed by atoms with van der Waals surface area (Å²) < 4.78 is 11.7. The second-order valence-corrected chi connectivity index (χ2v) is 8.47. The van der Waals surface area contributed by atoms with Crippen LogP contribution in [0.5, 0.6) is 11.6 Å². The number of hydrogen-bond donors (Lipinski definition) is 2. The van der Waals surface area contributed by atoms with Crippen LogP contribution in [0.4, 0.5) is 0 Å². The Morgan fingerprint density at radius 2 is 2.03 bits per heavy atom. The van der Waals surface area contributed by atoms with Gasteiger partial charge in [-0.3, -0.25) is 14.7 Å². The number of carbonyl (C=O) groups excluding carboxylic acids is 2. The van der Waals surface area contributed by atoms with Crippen LogP contribution in [0.15, 0.2) is 59.5 Å². The van der Waals surface area contributed by atoms with Gasteiger partial charge in [-0.2, -0.15) is 5.10 Å². The van der Waals surface area contributed by atoms with Gasteiger partial charge in [0, 0.05) is 47.9 Å². The van der Waals surface area contributed by atoms with Gasteiger partial charge in [0.05, 0.1) is 12.0 Å². The molecular formula is C25H25N5O4. The zero-order valence-corrected chi connectivity index (χ0v) is 18.6. The summed E-state index contributed by atoms with van der Waals surface area (Å²) in [6.07, 6.45) is 7.40. The van der Waals surface area contributed by atoms with Gasteiger partial charge in [0.2, 0.25) is 11.7 Å². The first-order chi connectivity index (χ1) is 16.6. The Bertz CT molecular complexity index is 1290. The number of hydrogen-bond acceptors (Lipinski definition) is 7. The number of nitrogens with one attached hydrogen (secondary N) is 1. The maximum Gasteiger partial charge on any atom is 0.285 e. The number of ether oxygens (including phenoxy) is 1. The number of Topliss-reactive ketones (excluding diaryl/α,β-unsaturated/α-hetero) is 1. The van der Waals surface area contributed by atoms with Crippen molar-refractivity contribution in [2.45, 2.75) is 19.3 Å². The van der Waals surface area contributed by atoms with Gasteiger partial charge in [0.1, 0.15) is 11.3 Å². The Kier molecular flexibility index (Phi) is 6.09. The highest BCUT2D eigenvalue weighted by Crippen LogP contribution is 2.29. The van der Waals surface area contributed by atoms with Gasteiger partial charge < -0.3 is 19.8 Å². The van der Waals surface area contributed by atoms with E-state index in [1.807, 2.05) is 36.4 Å². The molecule has 1 aliphatic rings. The zero-order chi connectivity index (χ0) is 23.5. The number of nitrogens with zero attached hydrogens (tertiary/aromatic N) is 3. The Labute approximate surface area is 195 Å². The highest BCUT2D eigenvalue weighted by Gasteiger charge is 2.27. The molecule has 0 bridgehead atoms. The van der Waals surface area contributed by atoms with Crippen molar-refractivity contribution in [1.82, 2.24) is 20.1 Å².